The van der Waals surface area contributed by atoms with Crippen LogP contribution in [0.25, 0.3) is 22.0 Å². The number of alkyl halides is 6. The van der Waals surface area contributed by atoms with Crippen LogP contribution in [-0.4, -0.2) is 26.9 Å². The number of halogens is 6. The average Bonchev–Trinajstić information content (AvgIpc) is 3.00. The number of hydrogen-bond donors (Lipinski definition) is 0. The second-order valence-corrected chi connectivity index (χ2v) is 10.1. The van der Waals surface area contributed by atoms with E-state index in [4.69, 9.17) is 0 Å². The summed E-state index contributed by atoms with van der Waals surface area (Å²) in [6.07, 6.45) is -8.57. The zero-order valence-electron chi connectivity index (χ0n) is 21.4. The Morgan fingerprint density at radius 1 is 0.900 bits per heavy atom. The fourth-order valence-corrected chi connectivity index (χ4v) is 5.12. The maximum atomic E-state index is 14.1. The van der Waals surface area contributed by atoms with E-state index in [-0.39, 0.29) is 41.8 Å². The molecule has 2 aromatic heterocycles. The van der Waals surface area contributed by atoms with Crippen LogP contribution >= 0.6 is 0 Å². The lowest BCUT2D eigenvalue weighted by Crippen LogP contribution is -2.34. The molecule has 0 saturated heterocycles. The summed E-state index contributed by atoms with van der Waals surface area (Å²) in [4.78, 5) is 33.1. The number of fused-ring (bicyclic) bond motifs is 2. The Hall–Kier alpha value is -4.15. The van der Waals surface area contributed by atoms with Crippen LogP contribution in [0.4, 0.5) is 26.3 Å². The fraction of sp³-hybridized carbons (Fsp3) is 0.276. The lowest BCUT2D eigenvalue weighted by atomic mass is 9.97. The van der Waals surface area contributed by atoms with Gasteiger partial charge in [0, 0.05) is 36.8 Å². The third kappa shape index (κ3) is 5.07. The van der Waals surface area contributed by atoms with E-state index in [9.17, 15) is 35.9 Å². The molecule has 0 saturated carbocycles. The number of aromatic nitrogens is 2. The summed E-state index contributed by atoms with van der Waals surface area (Å²) in [6.45, 7) is 3.25. The van der Waals surface area contributed by atoms with Gasteiger partial charge in [0.05, 0.1) is 11.1 Å². The minimum absolute atomic E-state index is 0.00859. The summed E-state index contributed by atoms with van der Waals surface area (Å²) in [6, 6.07) is 11.8. The van der Waals surface area contributed by atoms with Crippen LogP contribution in [0.1, 0.15) is 39.7 Å². The summed E-state index contributed by atoms with van der Waals surface area (Å²) in [5, 5.41) is 0.420. The van der Waals surface area contributed by atoms with E-state index in [0.29, 0.717) is 28.6 Å². The first kappa shape index (κ1) is 27.4. The van der Waals surface area contributed by atoms with Crippen molar-refractivity contribution in [2.24, 2.45) is 5.92 Å². The number of amides is 1. The fourth-order valence-electron chi connectivity index (χ4n) is 5.12. The molecule has 0 fully saturated rings. The van der Waals surface area contributed by atoms with Crippen LogP contribution in [0, 0.1) is 12.8 Å². The summed E-state index contributed by atoms with van der Waals surface area (Å²) < 4.78 is 82.2. The molecule has 5 rings (SSSR count). The molecule has 0 spiro atoms. The van der Waals surface area contributed by atoms with Gasteiger partial charge in [0.1, 0.15) is 11.2 Å². The van der Waals surface area contributed by atoms with Crippen molar-refractivity contribution in [3.05, 3.63) is 99.1 Å². The lowest BCUT2D eigenvalue weighted by molar-refractivity contribution is -0.143. The largest absolute Gasteiger partial charge is 0.416 e. The first-order valence-electron chi connectivity index (χ1n) is 12.4. The van der Waals surface area contributed by atoms with Crippen molar-refractivity contribution in [1.29, 1.82) is 0 Å². The highest BCUT2D eigenvalue weighted by molar-refractivity contribution is 6.07. The van der Waals surface area contributed by atoms with Crippen molar-refractivity contribution in [3.63, 3.8) is 0 Å². The van der Waals surface area contributed by atoms with Gasteiger partial charge in [-0.2, -0.15) is 26.3 Å². The molecule has 1 unspecified atom stereocenters. The van der Waals surface area contributed by atoms with Gasteiger partial charge in [0.25, 0.3) is 11.5 Å². The molecule has 11 heteroatoms. The molecule has 0 aliphatic carbocycles. The molecule has 5 nitrogen and oxygen atoms in total. The number of carbonyl (C=O) groups is 1. The molecule has 4 aromatic rings. The first-order valence-corrected chi connectivity index (χ1v) is 12.4. The third-order valence-electron chi connectivity index (χ3n) is 6.91. The lowest BCUT2D eigenvalue weighted by Gasteiger charge is -2.25. The van der Waals surface area contributed by atoms with E-state index in [1.165, 1.54) is 15.7 Å². The van der Waals surface area contributed by atoms with E-state index in [1.807, 2.05) is 19.1 Å². The van der Waals surface area contributed by atoms with Crippen LogP contribution < -0.4 is 5.56 Å². The number of rotatable bonds is 3. The van der Waals surface area contributed by atoms with Gasteiger partial charge in [0.15, 0.2) is 0 Å². The van der Waals surface area contributed by atoms with Crippen LogP contribution in [-0.2, 0) is 25.4 Å². The maximum Gasteiger partial charge on any atom is 0.416 e. The van der Waals surface area contributed by atoms with Crippen molar-refractivity contribution in [2.75, 3.05) is 6.54 Å². The number of pyridine rings is 2. The van der Waals surface area contributed by atoms with Crippen LogP contribution in [0.2, 0.25) is 0 Å². The van der Waals surface area contributed by atoms with E-state index < -0.39 is 41.5 Å². The van der Waals surface area contributed by atoms with Crippen molar-refractivity contribution < 1.29 is 31.1 Å². The zero-order valence-corrected chi connectivity index (χ0v) is 21.4. The van der Waals surface area contributed by atoms with Gasteiger partial charge >= 0.3 is 12.4 Å². The quantitative estimate of drug-likeness (QED) is 0.263. The highest BCUT2D eigenvalue weighted by atomic mass is 19.4. The standard InChI is InChI=1S/C29H23F6N3O2/c1-16-5-7-19(8-6-16)23-22-4-3-9-36-24(22)26(39)38-14-17(2)13-37(27(40)25(23)38)15-18-10-20(28(30,31)32)12-21(11-18)29(33,34)35/h3-12,17H,13-15H2,1-2H3. The first-order chi connectivity index (χ1) is 18.7. The van der Waals surface area contributed by atoms with E-state index in [1.54, 1.807) is 31.2 Å². The van der Waals surface area contributed by atoms with Crippen molar-refractivity contribution in [2.45, 2.75) is 39.3 Å². The van der Waals surface area contributed by atoms with E-state index in [2.05, 4.69) is 4.98 Å². The van der Waals surface area contributed by atoms with Crippen molar-refractivity contribution >= 4 is 16.8 Å². The van der Waals surface area contributed by atoms with Gasteiger partial charge < -0.3 is 9.47 Å². The molecule has 1 aliphatic rings. The molecule has 1 amide bonds. The minimum Gasteiger partial charge on any atom is -0.333 e. The highest BCUT2D eigenvalue weighted by Gasteiger charge is 2.38. The Bertz CT molecular complexity index is 1640. The SMILES string of the molecule is Cc1ccc(-c2c3n(c(=O)c4ncccc24)CC(C)CN(Cc2cc(C(F)(F)F)cc(C(F)(F)F)c2)C3=O)cc1. The van der Waals surface area contributed by atoms with Crippen LogP contribution in [0.15, 0.2) is 65.6 Å². The molecule has 2 aromatic carbocycles. The van der Waals surface area contributed by atoms with Gasteiger partial charge in [0.2, 0.25) is 0 Å². The third-order valence-corrected chi connectivity index (χ3v) is 6.91. The molecule has 0 N–H and O–H groups in total. The van der Waals surface area contributed by atoms with E-state index in [0.717, 1.165) is 5.56 Å². The predicted octanol–water partition coefficient (Wildman–Crippen LogP) is 6.70. The molecule has 40 heavy (non-hydrogen) atoms. The van der Waals surface area contributed by atoms with E-state index >= 15 is 0 Å². The smallest absolute Gasteiger partial charge is 0.333 e. The second kappa shape index (κ2) is 9.79. The summed E-state index contributed by atoms with van der Waals surface area (Å²) >= 11 is 0. The molecule has 3 heterocycles. The van der Waals surface area contributed by atoms with Crippen molar-refractivity contribution in [3.8, 4) is 11.1 Å². The normalized spacial score (nSPS) is 16.2. The summed E-state index contributed by atoms with van der Waals surface area (Å²) in [5.41, 5.74) is -1.56. The minimum atomic E-state index is -5.02. The molecule has 0 bridgehead atoms. The van der Waals surface area contributed by atoms with Gasteiger partial charge in [-0.1, -0.05) is 42.8 Å². The Kier molecular flexibility index (Phi) is 6.71. The Morgan fingerprint density at radius 2 is 1.52 bits per heavy atom. The molecule has 1 atom stereocenters. The molecular weight excluding hydrogens is 536 g/mol. The monoisotopic (exact) mass is 559 g/mol. The summed E-state index contributed by atoms with van der Waals surface area (Å²) in [5.74, 6) is -1.02. The van der Waals surface area contributed by atoms with Crippen LogP contribution in [0.5, 0.6) is 0 Å². The second-order valence-electron chi connectivity index (χ2n) is 10.1. The predicted molar refractivity (Wildman–Crippen MR) is 137 cm³/mol. The Labute approximate surface area is 224 Å². The van der Waals surface area contributed by atoms with Gasteiger partial charge in [-0.05, 0) is 48.2 Å². The number of carbonyl (C=O) groups excluding carboxylic acids is 1. The van der Waals surface area contributed by atoms with Gasteiger partial charge in [-0.25, -0.2) is 0 Å². The number of nitrogens with zero attached hydrogens (tertiary/aromatic N) is 3. The summed E-state index contributed by atoms with van der Waals surface area (Å²) in [7, 11) is 0. The topological polar surface area (TPSA) is 55.2 Å². The molecular formula is C29H23F6N3O2. The number of aryl methyl sites for hydroxylation is 1. The highest BCUT2D eigenvalue weighted by Crippen LogP contribution is 2.37. The number of hydrogen-bond acceptors (Lipinski definition) is 3. The molecule has 0 radical (unpaired) electrons. The number of benzene rings is 2. The average molecular weight is 560 g/mol. The molecule has 1 aliphatic heterocycles. The Balaban J connectivity index is 1.70. The Morgan fingerprint density at radius 3 is 2.12 bits per heavy atom. The van der Waals surface area contributed by atoms with Gasteiger partial charge in [-0.15, -0.1) is 0 Å². The maximum absolute atomic E-state index is 14.1. The zero-order chi connectivity index (χ0) is 29.0. The van der Waals surface area contributed by atoms with Crippen molar-refractivity contribution in [1.82, 2.24) is 14.5 Å². The molecule has 208 valence electrons. The van der Waals surface area contributed by atoms with Crippen LogP contribution in [0.3, 0.4) is 0 Å². The van der Waals surface area contributed by atoms with Gasteiger partial charge in [-0.3, -0.25) is 14.6 Å².